The smallest absolute Gasteiger partial charge is 0.228 e. The summed E-state index contributed by atoms with van der Waals surface area (Å²) in [5.41, 5.74) is 1.46. The topological polar surface area (TPSA) is 38.3 Å². The molecule has 92 valence electrons. The highest BCUT2D eigenvalue weighted by atomic mass is 16.5. The van der Waals surface area contributed by atoms with E-state index in [1.54, 1.807) is 0 Å². The van der Waals surface area contributed by atoms with Crippen molar-refractivity contribution >= 4 is 11.6 Å². The number of carbonyl (C=O) groups is 1. The molecule has 0 saturated carbocycles. The van der Waals surface area contributed by atoms with Crippen molar-refractivity contribution in [2.45, 2.75) is 45.6 Å². The van der Waals surface area contributed by atoms with E-state index in [2.05, 4.69) is 25.2 Å². The van der Waals surface area contributed by atoms with Crippen molar-refractivity contribution in [3.8, 4) is 5.75 Å². The monoisotopic (exact) mass is 233 g/mol. The number of rotatable bonds is 1. The van der Waals surface area contributed by atoms with Gasteiger partial charge in [-0.1, -0.05) is 26.0 Å². The van der Waals surface area contributed by atoms with Gasteiger partial charge in [-0.2, -0.15) is 0 Å². The van der Waals surface area contributed by atoms with Crippen molar-refractivity contribution in [2.24, 2.45) is 0 Å². The van der Waals surface area contributed by atoms with Crippen LogP contribution in [0.25, 0.3) is 0 Å². The highest BCUT2D eigenvalue weighted by molar-refractivity contribution is 5.94. The number of anilines is 1. The fourth-order valence-electron chi connectivity index (χ4n) is 2.12. The van der Waals surface area contributed by atoms with Gasteiger partial charge in [-0.15, -0.1) is 0 Å². The zero-order valence-electron chi connectivity index (χ0n) is 10.8. The second-order valence-corrected chi connectivity index (χ2v) is 5.47. The summed E-state index contributed by atoms with van der Waals surface area (Å²) in [6.07, 6.45) is 0.374. The molecule has 0 saturated heterocycles. The van der Waals surface area contributed by atoms with Crippen LogP contribution in [0.2, 0.25) is 0 Å². The average molecular weight is 233 g/mol. The van der Waals surface area contributed by atoms with Crippen molar-refractivity contribution in [3.63, 3.8) is 0 Å². The van der Waals surface area contributed by atoms with Crippen LogP contribution in [-0.4, -0.2) is 11.5 Å². The van der Waals surface area contributed by atoms with Gasteiger partial charge in [-0.3, -0.25) is 4.79 Å². The van der Waals surface area contributed by atoms with Crippen LogP contribution in [-0.2, 0) is 4.79 Å². The van der Waals surface area contributed by atoms with Gasteiger partial charge in [0.25, 0.3) is 0 Å². The van der Waals surface area contributed by atoms with Gasteiger partial charge in [0.15, 0.2) is 0 Å². The number of para-hydroxylation sites is 1. The largest absolute Gasteiger partial charge is 0.485 e. The van der Waals surface area contributed by atoms with Crippen LogP contribution < -0.4 is 10.1 Å². The second kappa shape index (κ2) is 4.06. The summed E-state index contributed by atoms with van der Waals surface area (Å²) in [5.74, 6) is 1.20. The van der Waals surface area contributed by atoms with Crippen molar-refractivity contribution in [1.29, 1.82) is 0 Å². The molecular weight excluding hydrogens is 214 g/mol. The molecule has 17 heavy (non-hydrogen) atoms. The van der Waals surface area contributed by atoms with Crippen LogP contribution in [0.1, 0.15) is 45.6 Å². The van der Waals surface area contributed by atoms with E-state index in [4.69, 9.17) is 4.74 Å². The molecule has 3 heteroatoms. The lowest BCUT2D eigenvalue weighted by Gasteiger charge is -2.25. The van der Waals surface area contributed by atoms with Gasteiger partial charge in [0.1, 0.15) is 11.4 Å². The maximum atomic E-state index is 11.8. The predicted molar refractivity (Wildman–Crippen MR) is 68.5 cm³/mol. The fourth-order valence-corrected chi connectivity index (χ4v) is 2.12. The first-order valence-electron chi connectivity index (χ1n) is 6.01. The van der Waals surface area contributed by atoms with Crippen molar-refractivity contribution in [2.75, 3.05) is 5.32 Å². The summed E-state index contributed by atoms with van der Waals surface area (Å²) in [6, 6.07) is 5.90. The van der Waals surface area contributed by atoms with Gasteiger partial charge < -0.3 is 10.1 Å². The number of ether oxygens (including phenoxy) is 1. The number of nitrogens with one attached hydrogen (secondary N) is 1. The molecule has 1 aliphatic heterocycles. The lowest BCUT2D eigenvalue weighted by atomic mass is 10.0. The van der Waals surface area contributed by atoms with Crippen LogP contribution >= 0.6 is 0 Å². The molecule has 0 aliphatic carbocycles. The van der Waals surface area contributed by atoms with E-state index in [9.17, 15) is 4.79 Å². The third-order valence-electron chi connectivity index (χ3n) is 2.91. The molecular formula is C14H19NO2. The normalized spacial score (nSPS) is 18.1. The van der Waals surface area contributed by atoms with E-state index in [0.29, 0.717) is 12.3 Å². The van der Waals surface area contributed by atoms with Crippen LogP contribution in [0.15, 0.2) is 18.2 Å². The summed E-state index contributed by atoms with van der Waals surface area (Å²) in [5, 5.41) is 2.91. The summed E-state index contributed by atoms with van der Waals surface area (Å²) < 4.78 is 6.02. The maximum Gasteiger partial charge on any atom is 0.228 e. The number of hydrogen-bond donors (Lipinski definition) is 1. The lowest BCUT2D eigenvalue weighted by Crippen LogP contribution is -2.31. The van der Waals surface area contributed by atoms with Crippen LogP contribution in [0.5, 0.6) is 5.75 Å². The van der Waals surface area contributed by atoms with E-state index in [0.717, 1.165) is 17.0 Å². The molecule has 1 aliphatic rings. The second-order valence-electron chi connectivity index (χ2n) is 5.47. The Kier molecular flexibility index (Phi) is 2.86. The zero-order valence-corrected chi connectivity index (χ0v) is 10.8. The minimum absolute atomic E-state index is 0.00894. The minimum atomic E-state index is -0.458. The van der Waals surface area contributed by atoms with Crippen LogP contribution in [0, 0.1) is 0 Å². The Labute approximate surface area is 102 Å². The molecule has 0 fully saturated rings. The molecule has 1 aromatic rings. The SMILES string of the molecule is CC(C)c1cccc2c1OC(C)(C)CC(=O)N2. The van der Waals surface area contributed by atoms with Crippen LogP contribution in [0.4, 0.5) is 5.69 Å². The third-order valence-corrected chi connectivity index (χ3v) is 2.91. The lowest BCUT2D eigenvalue weighted by molar-refractivity contribution is -0.118. The Morgan fingerprint density at radius 2 is 2.06 bits per heavy atom. The summed E-state index contributed by atoms with van der Waals surface area (Å²) >= 11 is 0. The first-order valence-corrected chi connectivity index (χ1v) is 6.01. The van der Waals surface area contributed by atoms with Gasteiger partial charge in [0, 0.05) is 0 Å². The van der Waals surface area contributed by atoms with E-state index in [1.807, 2.05) is 26.0 Å². The Bertz CT molecular complexity index is 450. The highest BCUT2D eigenvalue weighted by Gasteiger charge is 2.30. The molecule has 0 bridgehead atoms. The van der Waals surface area contributed by atoms with Gasteiger partial charge in [-0.05, 0) is 31.4 Å². The molecule has 0 radical (unpaired) electrons. The number of carbonyl (C=O) groups excluding carboxylic acids is 1. The van der Waals surface area contributed by atoms with Gasteiger partial charge in [0.2, 0.25) is 5.91 Å². The molecule has 3 nitrogen and oxygen atoms in total. The zero-order chi connectivity index (χ0) is 12.6. The van der Waals surface area contributed by atoms with E-state index >= 15 is 0 Å². The summed E-state index contributed by atoms with van der Waals surface area (Å²) in [7, 11) is 0. The molecule has 0 unspecified atom stereocenters. The van der Waals surface area contributed by atoms with E-state index < -0.39 is 5.60 Å². The molecule has 1 heterocycles. The molecule has 0 spiro atoms. The molecule has 1 amide bonds. The van der Waals surface area contributed by atoms with Gasteiger partial charge in [0.05, 0.1) is 12.1 Å². The first-order chi connectivity index (χ1) is 7.89. The van der Waals surface area contributed by atoms with Gasteiger partial charge >= 0.3 is 0 Å². The molecule has 0 atom stereocenters. The number of fused-ring (bicyclic) bond motifs is 1. The number of benzene rings is 1. The minimum Gasteiger partial charge on any atom is -0.485 e. The third kappa shape index (κ3) is 2.43. The summed E-state index contributed by atoms with van der Waals surface area (Å²) in [6.45, 7) is 8.13. The average Bonchev–Trinajstić information content (AvgIpc) is 2.29. The standard InChI is InChI=1S/C14H19NO2/c1-9(2)10-6-5-7-11-13(10)17-14(3,4)8-12(16)15-11/h5-7,9H,8H2,1-4H3,(H,15,16). The Morgan fingerprint density at radius 1 is 1.35 bits per heavy atom. The number of amides is 1. The first kappa shape index (κ1) is 12.0. The quantitative estimate of drug-likeness (QED) is 0.808. The molecule has 1 aromatic carbocycles. The Hall–Kier alpha value is -1.51. The Balaban J connectivity index is 2.53. The molecule has 0 aromatic heterocycles. The summed E-state index contributed by atoms with van der Waals surface area (Å²) in [4.78, 5) is 11.8. The predicted octanol–water partition coefficient (Wildman–Crippen LogP) is 3.31. The highest BCUT2D eigenvalue weighted by Crippen LogP contribution is 2.38. The van der Waals surface area contributed by atoms with E-state index in [1.165, 1.54) is 0 Å². The molecule has 2 rings (SSSR count). The van der Waals surface area contributed by atoms with Crippen LogP contribution in [0.3, 0.4) is 0 Å². The Morgan fingerprint density at radius 3 is 2.71 bits per heavy atom. The van der Waals surface area contributed by atoms with Crippen molar-refractivity contribution < 1.29 is 9.53 Å². The van der Waals surface area contributed by atoms with Crippen molar-refractivity contribution in [3.05, 3.63) is 23.8 Å². The molecule has 1 N–H and O–H groups in total. The fraction of sp³-hybridized carbons (Fsp3) is 0.500. The van der Waals surface area contributed by atoms with Crippen molar-refractivity contribution in [1.82, 2.24) is 0 Å². The maximum absolute atomic E-state index is 11.8. The number of hydrogen-bond acceptors (Lipinski definition) is 2. The van der Waals surface area contributed by atoms with E-state index in [-0.39, 0.29) is 5.91 Å². The van der Waals surface area contributed by atoms with Gasteiger partial charge in [-0.25, -0.2) is 0 Å².